The molecule has 152 valence electrons. The van der Waals surface area contributed by atoms with Crippen LogP contribution in [0.5, 0.6) is 0 Å². The first kappa shape index (κ1) is 20.0. The van der Waals surface area contributed by atoms with Crippen molar-refractivity contribution in [3.63, 3.8) is 0 Å². The number of hydrogen-bond donors (Lipinski definition) is 1. The first-order chi connectivity index (χ1) is 14.5. The maximum atomic E-state index is 13.0. The average Bonchev–Trinajstić information content (AvgIpc) is 3.36. The summed E-state index contributed by atoms with van der Waals surface area (Å²) in [6.45, 7) is 2.17. The van der Waals surface area contributed by atoms with Crippen LogP contribution in [0.4, 0.5) is 0 Å². The fourth-order valence-corrected chi connectivity index (χ4v) is 3.78. The van der Waals surface area contributed by atoms with Gasteiger partial charge in [-0.3, -0.25) is 9.59 Å². The highest BCUT2D eigenvalue weighted by molar-refractivity contribution is 6.46. The van der Waals surface area contributed by atoms with Crippen molar-refractivity contribution < 1.29 is 19.1 Å². The highest BCUT2D eigenvalue weighted by Gasteiger charge is 2.46. The lowest BCUT2D eigenvalue weighted by atomic mass is 9.94. The molecular weight excluding hydrogens is 402 g/mol. The summed E-state index contributed by atoms with van der Waals surface area (Å²) in [7, 11) is 0. The first-order valence-corrected chi connectivity index (χ1v) is 10.0. The number of carbonyl (C=O) groups excluding carboxylic acids is 2. The fourth-order valence-electron chi connectivity index (χ4n) is 3.66. The first-order valence-electron chi connectivity index (χ1n) is 9.65. The molecule has 1 saturated heterocycles. The van der Waals surface area contributed by atoms with Gasteiger partial charge in [-0.2, -0.15) is 0 Å². The number of furan rings is 1. The Morgan fingerprint density at radius 3 is 2.37 bits per heavy atom. The molecule has 6 heteroatoms. The smallest absolute Gasteiger partial charge is 0.296 e. The van der Waals surface area contributed by atoms with Crippen LogP contribution in [0.3, 0.4) is 0 Å². The topological polar surface area (TPSA) is 70.8 Å². The Balaban J connectivity index is 1.85. The Morgan fingerprint density at radius 2 is 1.77 bits per heavy atom. The zero-order valence-corrected chi connectivity index (χ0v) is 17.1. The molecule has 4 rings (SSSR count). The zero-order chi connectivity index (χ0) is 21.3. The molecule has 1 fully saturated rings. The third kappa shape index (κ3) is 3.64. The van der Waals surface area contributed by atoms with Gasteiger partial charge in [-0.1, -0.05) is 42.8 Å². The quantitative estimate of drug-likeness (QED) is 0.352. The van der Waals surface area contributed by atoms with Crippen LogP contribution in [0.15, 0.2) is 76.9 Å². The van der Waals surface area contributed by atoms with Crippen molar-refractivity contribution in [1.82, 2.24) is 4.90 Å². The lowest BCUT2D eigenvalue weighted by Gasteiger charge is -2.24. The molecular formula is C24H20ClNO4. The number of halogens is 1. The molecule has 30 heavy (non-hydrogen) atoms. The van der Waals surface area contributed by atoms with E-state index in [-0.39, 0.29) is 17.9 Å². The van der Waals surface area contributed by atoms with Gasteiger partial charge in [0.2, 0.25) is 0 Å². The Bertz CT molecular complexity index is 1100. The Kier molecular flexibility index (Phi) is 5.46. The van der Waals surface area contributed by atoms with Crippen molar-refractivity contribution in [3.8, 4) is 0 Å². The van der Waals surface area contributed by atoms with Crippen molar-refractivity contribution in [1.29, 1.82) is 0 Å². The molecule has 1 aliphatic heterocycles. The number of carbonyl (C=O) groups is 2. The summed E-state index contributed by atoms with van der Waals surface area (Å²) in [6.07, 6.45) is 2.39. The van der Waals surface area contributed by atoms with Crippen LogP contribution in [0.25, 0.3) is 5.76 Å². The van der Waals surface area contributed by atoms with Crippen LogP contribution in [-0.4, -0.2) is 21.7 Å². The van der Waals surface area contributed by atoms with Crippen LogP contribution < -0.4 is 0 Å². The van der Waals surface area contributed by atoms with Gasteiger partial charge in [0.15, 0.2) is 0 Å². The van der Waals surface area contributed by atoms with E-state index in [1.165, 1.54) is 11.2 Å². The Labute approximate surface area is 179 Å². The van der Waals surface area contributed by atoms with Gasteiger partial charge >= 0.3 is 0 Å². The van der Waals surface area contributed by atoms with E-state index < -0.39 is 17.7 Å². The van der Waals surface area contributed by atoms with Gasteiger partial charge in [-0.15, -0.1) is 0 Å². The van der Waals surface area contributed by atoms with Gasteiger partial charge in [0, 0.05) is 10.6 Å². The molecule has 3 aromatic rings. The van der Waals surface area contributed by atoms with Crippen molar-refractivity contribution in [3.05, 3.63) is 100.0 Å². The summed E-state index contributed by atoms with van der Waals surface area (Å²) in [4.78, 5) is 27.3. The minimum Gasteiger partial charge on any atom is -0.507 e. The standard InChI is InChI=1S/C24H20ClNO4/c1-2-15-5-7-16(8-6-15)21-20(22(27)17-9-11-18(25)12-10-17)23(28)24(29)26(21)14-19-4-3-13-30-19/h3-13,21,27H,2,14H2,1H3/t21-/m1/s1. The predicted molar refractivity (Wildman–Crippen MR) is 114 cm³/mol. The number of nitrogens with zero attached hydrogens (tertiary/aromatic N) is 1. The maximum absolute atomic E-state index is 13.0. The molecule has 0 aliphatic carbocycles. The van der Waals surface area contributed by atoms with Gasteiger partial charge in [0.25, 0.3) is 11.7 Å². The molecule has 0 unspecified atom stereocenters. The van der Waals surface area contributed by atoms with Crippen molar-refractivity contribution in [2.45, 2.75) is 25.9 Å². The molecule has 1 atom stereocenters. The van der Waals surface area contributed by atoms with Crippen LogP contribution in [0, 0.1) is 0 Å². The van der Waals surface area contributed by atoms with Crippen LogP contribution >= 0.6 is 11.6 Å². The second-order valence-electron chi connectivity index (χ2n) is 7.11. The molecule has 1 N–H and O–H groups in total. The summed E-state index contributed by atoms with van der Waals surface area (Å²) >= 11 is 5.95. The van der Waals surface area contributed by atoms with Crippen molar-refractivity contribution in [2.24, 2.45) is 0 Å². The molecule has 0 spiro atoms. The minimum atomic E-state index is -0.725. The summed E-state index contributed by atoms with van der Waals surface area (Å²) in [5.41, 5.74) is 2.36. The number of Topliss-reactive ketones (excluding diaryl/α,β-unsaturated/α-hetero) is 1. The molecule has 5 nitrogen and oxygen atoms in total. The lowest BCUT2D eigenvalue weighted by Crippen LogP contribution is -2.29. The number of aryl methyl sites for hydroxylation is 1. The van der Waals surface area contributed by atoms with Gasteiger partial charge in [-0.25, -0.2) is 0 Å². The second-order valence-corrected chi connectivity index (χ2v) is 7.54. The number of aliphatic hydroxyl groups excluding tert-OH is 1. The van der Waals surface area contributed by atoms with E-state index in [9.17, 15) is 14.7 Å². The van der Waals surface area contributed by atoms with Gasteiger partial charge in [0.1, 0.15) is 11.5 Å². The molecule has 2 heterocycles. The van der Waals surface area contributed by atoms with Crippen molar-refractivity contribution in [2.75, 3.05) is 0 Å². The van der Waals surface area contributed by atoms with Gasteiger partial charge < -0.3 is 14.4 Å². The van der Waals surface area contributed by atoms with E-state index in [1.54, 1.807) is 36.4 Å². The molecule has 0 bridgehead atoms. The summed E-state index contributed by atoms with van der Waals surface area (Å²) in [6, 6.07) is 16.9. The molecule has 1 amide bonds. The predicted octanol–water partition coefficient (Wildman–Crippen LogP) is 5.12. The normalized spacial score (nSPS) is 18.2. The van der Waals surface area contributed by atoms with E-state index in [4.69, 9.17) is 16.0 Å². The number of hydrogen-bond acceptors (Lipinski definition) is 4. The second kappa shape index (κ2) is 8.20. The lowest BCUT2D eigenvalue weighted by molar-refractivity contribution is -0.140. The van der Waals surface area contributed by atoms with E-state index >= 15 is 0 Å². The average molecular weight is 422 g/mol. The van der Waals surface area contributed by atoms with Gasteiger partial charge in [0.05, 0.1) is 24.4 Å². The number of amides is 1. The Morgan fingerprint density at radius 1 is 1.07 bits per heavy atom. The molecule has 2 aromatic carbocycles. The summed E-state index contributed by atoms with van der Waals surface area (Å²) in [5, 5.41) is 11.5. The number of likely N-dealkylation sites (tertiary alicyclic amines) is 1. The SMILES string of the molecule is CCc1ccc([C@@H]2C(=C(O)c3ccc(Cl)cc3)C(=O)C(=O)N2Cc2ccco2)cc1. The van der Waals surface area contributed by atoms with Crippen LogP contribution in [0.2, 0.25) is 5.02 Å². The minimum absolute atomic E-state index is 0.0538. The van der Waals surface area contributed by atoms with E-state index in [0.717, 1.165) is 17.5 Å². The molecule has 0 saturated carbocycles. The van der Waals surface area contributed by atoms with Crippen LogP contribution in [-0.2, 0) is 22.6 Å². The van der Waals surface area contributed by atoms with E-state index in [2.05, 4.69) is 6.92 Å². The largest absolute Gasteiger partial charge is 0.507 e. The number of benzene rings is 2. The summed E-state index contributed by atoms with van der Waals surface area (Å²) < 4.78 is 5.39. The fraction of sp³-hybridized carbons (Fsp3) is 0.167. The molecule has 1 aliphatic rings. The summed E-state index contributed by atoms with van der Waals surface area (Å²) in [5.74, 6) is -1.07. The number of aliphatic hydroxyl groups is 1. The molecule has 1 aromatic heterocycles. The maximum Gasteiger partial charge on any atom is 0.296 e. The Hall–Kier alpha value is -3.31. The van der Waals surface area contributed by atoms with Crippen molar-refractivity contribution >= 4 is 29.1 Å². The van der Waals surface area contributed by atoms with Crippen LogP contribution in [0.1, 0.15) is 35.4 Å². The number of rotatable bonds is 5. The van der Waals surface area contributed by atoms with Gasteiger partial charge in [-0.05, 0) is 53.9 Å². The molecule has 0 radical (unpaired) electrons. The highest BCUT2D eigenvalue weighted by Crippen LogP contribution is 2.40. The number of ketones is 1. The monoisotopic (exact) mass is 421 g/mol. The van der Waals surface area contributed by atoms with E-state index in [1.807, 2.05) is 24.3 Å². The highest BCUT2D eigenvalue weighted by atomic mass is 35.5. The van der Waals surface area contributed by atoms with E-state index in [0.29, 0.717) is 16.3 Å². The third-order valence-corrected chi connectivity index (χ3v) is 5.52. The zero-order valence-electron chi connectivity index (χ0n) is 16.3. The third-order valence-electron chi connectivity index (χ3n) is 5.27.